The van der Waals surface area contributed by atoms with Gasteiger partial charge in [-0.3, -0.25) is 0 Å². The molecule has 0 unspecified atom stereocenters. The van der Waals surface area contributed by atoms with Gasteiger partial charge in [0, 0.05) is 15.7 Å². The lowest BCUT2D eigenvalue weighted by Crippen LogP contribution is -1.86. The summed E-state index contributed by atoms with van der Waals surface area (Å²) < 4.78 is 7.12. The molecule has 19 heavy (non-hydrogen) atoms. The molecule has 0 fully saturated rings. The predicted molar refractivity (Wildman–Crippen MR) is 82.9 cm³/mol. The van der Waals surface area contributed by atoms with Crippen molar-refractivity contribution in [2.24, 2.45) is 0 Å². The highest BCUT2D eigenvalue weighted by molar-refractivity contribution is 9.11. The molecule has 0 atom stereocenters. The van der Waals surface area contributed by atoms with Crippen LogP contribution >= 0.6 is 43.2 Å². The summed E-state index contributed by atoms with van der Waals surface area (Å²) in [6, 6.07) is 9.40. The van der Waals surface area contributed by atoms with Gasteiger partial charge in [0.2, 0.25) is 5.82 Å². The van der Waals surface area contributed by atoms with E-state index in [1.807, 2.05) is 24.3 Å². The summed E-state index contributed by atoms with van der Waals surface area (Å²) in [6.07, 6.45) is 0. The maximum atomic E-state index is 5.75. The molecular weight excluding hydrogens is 394 g/mol. The molecule has 0 aliphatic carbocycles. The van der Waals surface area contributed by atoms with E-state index in [9.17, 15) is 0 Å². The summed E-state index contributed by atoms with van der Waals surface area (Å²) >= 11 is 8.35. The lowest BCUT2D eigenvalue weighted by molar-refractivity contribution is 0.432. The monoisotopic (exact) mass is 399 g/mol. The average Bonchev–Trinajstić information content (AvgIpc) is 3.01. The van der Waals surface area contributed by atoms with Crippen LogP contribution in [0.2, 0.25) is 0 Å². The highest BCUT2D eigenvalue weighted by Crippen LogP contribution is 2.32. The zero-order valence-corrected chi connectivity index (χ0v) is 13.4. The van der Waals surface area contributed by atoms with Gasteiger partial charge in [0.25, 0.3) is 5.89 Å². The molecule has 0 radical (unpaired) electrons. The van der Waals surface area contributed by atoms with E-state index in [1.165, 1.54) is 0 Å². The van der Waals surface area contributed by atoms with Gasteiger partial charge in [-0.15, -0.1) is 11.3 Å². The van der Waals surface area contributed by atoms with Crippen LogP contribution in [-0.2, 0) is 0 Å². The maximum absolute atomic E-state index is 5.75. The third-order valence-corrected chi connectivity index (χ3v) is 4.77. The standard InChI is InChI=1S/C12H7Br2N3OS/c13-7-5-6(1-2-8(7)15)12-16-11(17-18-12)9-3-4-10(14)19-9/h1-5H,15H2. The van der Waals surface area contributed by atoms with Gasteiger partial charge >= 0.3 is 0 Å². The Kier molecular flexibility index (Phi) is 3.42. The van der Waals surface area contributed by atoms with Crippen LogP contribution < -0.4 is 5.73 Å². The van der Waals surface area contributed by atoms with Crippen LogP contribution in [0.15, 0.2) is 43.1 Å². The van der Waals surface area contributed by atoms with E-state index >= 15 is 0 Å². The van der Waals surface area contributed by atoms with E-state index < -0.39 is 0 Å². The summed E-state index contributed by atoms with van der Waals surface area (Å²) in [5.41, 5.74) is 7.25. The molecule has 0 spiro atoms. The Hall–Kier alpha value is -1.18. The first-order chi connectivity index (χ1) is 9.13. The van der Waals surface area contributed by atoms with Crippen molar-refractivity contribution in [1.29, 1.82) is 0 Å². The van der Waals surface area contributed by atoms with Gasteiger partial charge in [0.15, 0.2) is 0 Å². The van der Waals surface area contributed by atoms with Crippen molar-refractivity contribution >= 4 is 48.9 Å². The van der Waals surface area contributed by atoms with Crippen molar-refractivity contribution in [1.82, 2.24) is 10.1 Å². The Balaban J connectivity index is 1.98. The maximum Gasteiger partial charge on any atom is 0.258 e. The zero-order chi connectivity index (χ0) is 13.4. The van der Waals surface area contributed by atoms with E-state index in [4.69, 9.17) is 10.3 Å². The molecule has 2 N–H and O–H groups in total. The third-order valence-electron chi connectivity index (χ3n) is 2.47. The SMILES string of the molecule is Nc1ccc(-c2nc(-c3ccc(Br)s3)no2)cc1Br. The van der Waals surface area contributed by atoms with Gasteiger partial charge in [-0.2, -0.15) is 4.98 Å². The molecule has 0 aliphatic rings. The number of thiophene rings is 1. The fourth-order valence-corrected chi connectivity index (χ4v) is 3.23. The number of halogens is 2. The van der Waals surface area contributed by atoms with Crippen LogP contribution in [0, 0.1) is 0 Å². The third kappa shape index (κ3) is 2.58. The number of rotatable bonds is 2. The van der Waals surface area contributed by atoms with Crippen molar-refractivity contribution in [3.63, 3.8) is 0 Å². The molecule has 3 rings (SSSR count). The minimum Gasteiger partial charge on any atom is -0.398 e. The molecule has 3 aromatic rings. The Morgan fingerprint density at radius 3 is 2.68 bits per heavy atom. The Bertz CT molecular complexity index is 738. The quantitative estimate of drug-likeness (QED) is 0.639. The fraction of sp³-hybridized carbons (Fsp3) is 0. The molecule has 1 aromatic carbocycles. The molecular formula is C12H7Br2N3OS. The van der Waals surface area contributed by atoms with E-state index in [1.54, 1.807) is 17.4 Å². The molecule has 2 heterocycles. The van der Waals surface area contributed by atoms with Gasteiger partial charge < -0.3 is 10.3 Å². The van der Waals surface area contributed by atoms with Crippen LogP contribution in [0.4, 0.5) is 5.69 Å². The molecule has 0 bridgehead atoms. The largest absolute Gasteiger partial charge is 0.398 e. The summed E-state index contributed by atoms with van der Waals surface area (Å²) in [5.74, 6) is 1.05. The summed E-state index contributed by atoms with van der Waals surface area (Å²) in [6.45, 7) is 0. The topological polar surface area (TPSA) is 64.9 Å². The van der Waals surface area contributed by atoms with E-state index in [-0.39, 0.29) is 0 Å². The predicted octanol–water partition coefficient (Wildman–Crippen LogP) is 4.57. The number of hydrogen-bond acceptors (Lipinski definition) is 5. The molecule has 4 nitrogen and oxygen atoms in total. The Morgan fingerprint density at radius 1 is 1.16 bits per heavy atom. The van der Waals surface area contributed by atoms with Crippen molar-refractivity contribution in [2.75, 3.05) is 5.73 Å². The second kappa shape index (κ2) is 5.07. The number of nitrogens with zero attached hydrogens (tertiary/aromatic N) is 2. The van der Waals surface area contributed by atoms with Crippen molar-refractivity contribution in [3.8, 4) is 22.2 Å². The highest BCUT2D eigenvalue weighted by Gasteiger charge is 2.12. The summed E-state index contributed by atoms with van der Waals surface area (Å²) in [7, 11) is 0. The molecule has 0 saturated carbocycles. The molecule has 2 aromatic heterocycles. The molecule has 0 amide bonds. The second-order valence-electron chi connectivity index (χ2n) is 3.76. The smallest absolute Gasteiger partial charge is 0.258 e. The molecule has 7 heteroatoms. The first kappa shape index (κ1) is 12.8. The minimum atomic E-state index is 0.472. The number of anilines is 1. The van der Waals surface area contributed by atoms with Crippen LogP contribution in [-0.4, -0.2) is 10.1 Å². The van der Waals surface area contributed by atoms with E-state index in [0.717, 1.165) is 18.7 Å². The highest BCUT2D eigenvalue weighted by atomic mass is 79.9. The van der Waals surface area contributed by atoms with Crippen molar-refractivity contribution in [2.45, 2.75) is 0 Å². The second-order valence-corrected chi connectivity index (χ2v) is 7.08. The Morgan fingerprint density at radius 2 is 2.00 bits per heavy atom. The van der Waals surface area contributed by atoms with Crippen LogP contribution in [0.5, 0.6) is 0 Å². The fourth-order valence-electron chi connectivity index (χ4n) is 1.54. The van der Waals surface area contributed by atoms with Crippen LogP contribution in [0.1, 0.15) is 0 Å². The van der Waals surface area contributed by atoms with Gasteiger partial charge in [-0.1, -0.05) is 5.16 Å². The number of hydrogen-bond donors (Lipinski definition) is 1. The van der Waals surface area contributed by atoms with E-state index in [0.29, 0.717) is 17.4 Å². The van der Waals surface area contributed by atoms with Crippen LogP contribution in [0.25, 0.3) is 22.2 Å². The average molecular weight is 401 g/mol. The van der Waals surface area contributed by atoms with Gasteiger partial charge in [-0.25, -0.2) is 0 Å². The lowest BCUT2D eigenvalue weighted by Gasteiger charge is -1.98. The summed E-state index contributed by atoms with van der Waals surface area (Å²) in [5, 5.41) is 3.99. The zero-order valence-electron chi connectivity index (χ0n) is 9.43. The first-order valence-electron chi connectivity index (χ1n) is 5.28. The number of nitrogens with two attached hydrogens (primary N) is 1. The number of aromatic nitrogens is 2. The van der Waals surface area contributed by atoms with Gasteiger partial charge in [0.05, 0.1) is 8.66 Å². The molecule has 0 aliphatic heterocycles. The van der Waals surface area contributed by atoms with Gasteiger partial charge in [0.1, 0.15) is 0 Å². The number of benzene rings is 1. The normalized spacial score (nSPS) is 10.8. The first-order valence-corrected chi connectivity index (χ1v) is 7.68. The minimum absolute atomic E-state index is 0.472. The lowest BCUT2D eigenvalue weighted by atomic mass is 10.2. The molecule has 0 saturated heterocycles. The Labute approximate surface area is 129 Å². The van der Waals surface area contributed by atoms with Crippen LogP contribution in [0.3, 0.4) is 0 Å². The van der Waals surface area contributed by atoms with Crippen molar-refractivity contribution < 1.29 is 4.52 Å². The summed E-state index contributed by atoms with van der Waals surface area (Å²) in [4.78, 5) is 5.34. The van der Waals surface area contributed by atoms with Crippen molar-refractivity contribution in [3.05, 3.63) is 38.6 Å². The van der Waals surface area contributed by atoms with E-state index in [2.05, 4.69) is 42.0 Å². The number of nitrogen functional groups attached to an aromatic ring is 1. The molecule has 96 valence electrons. The van der Waals surface area contributed by atoms with Gasteiger partial charge in [-0.05, 0) is 62.2 Å².